The van der Waals surface area contributed by atoms with Gasteiger partial charge in [-0.25, -0.2) is 0 Å². The average molecular weight is 356 g/mol. The van der Waals surface area contributed by atoms with Crippen LogP contribution < -0.4 is 0 Å². The van der Waals surface area contributed by atoms with Gasteiger partial charge in [0.1, 0.15) is 6.26 Å². The zero-order chi connectivity index (χ0) is 18.1. The Kier molecular flexibility index (Phi) is 4.24. The van der Waals surface area contributed by atoms with Crippen molar-refractivity contribution in [3.63, 3.8) is 0 Å². The van der Waals surface area contributed by atoms with Gasteiger partial charge in [0.15, 0.2) is 5.69 Å². The van der Waals surface area contributed by atoms with Crippen LogP contribution in [0.1, 0.15) is 40.9 Å². The number of nitrogens with zero attached hydrogens (tertiary/aromatic N) is 2. The average Bonchev–Trinajstić information content (AvgIpc) is 3.16. The van der Waals surface area contributed by atoms with E-state index < -0.39 is 11.6 Å². The molecule has 0 aliphatic carbocycles. The van der Waals surface area contributed by atoms with Gasteiger partial charge >= 0.3 is 5.97 Å². The maximum absolute atomic E-state index is 12.5. The molecule has 26 heavy (non-hydrogen) atoms. The van der Waals surface area contributed by atoms with Crippen molar-refractivity contribution < 1.29 is 24.0 Å². The van der Waals surface area contributed by atoms with Gasteiger partial charge in [0.25, 0.3) is 5.91 Å². The Morgan fingerprint density at radius 2 is 2.00 bits per heavy atom. The van der Waals surface area contributed by atoms with E-state index in [-0.39, 0.29) is 18.4 Å². The van der Waals surface area contributed by atoms with Crippen LogP contribution in [0.5, 0.6) is 0 Å². The molecule has 1 spiro atoms. The molecule has 1 unspecified atom stereocenters. The Morgan fingerprint density at radius 3 is 2.69 bits per heavy atom. The molecule has 136 valence electrons. The molecule has 0 bridgehead atoms. The van der Waals surface area contributed by atoms with Gasteiger partial charge in [-0.3, -0.25) is 9.59 Å². The molecular formula is C19H20N2O5. The van der Waals surface area contributed by atoms with Crippen LogP contribution in [0.4, 0.5) is 0 Å². The van der Waals surface area contributed by atoms with Crippen LogP contribution in [0.15, 0.2) is 41.1 Å². The molecule has 4 rings (SSSR count). The van der Waals surface area contributed by atoms with Gasteiger partial charge < -0.3 is 19.3 Å². The number of carbonyl (C=O) groups excluding carboxylic acids is 1. The summed E-state index contributed by atoms with van der Waals surface area (Å²) >= 11 is 0. The normalized spacial score (nSPS) is 21.4. The molecule has 2 aromatic rings. The maximum Gasteiger partial charge on any atom is 0.305 e. The quantitative estimate of drug-likeness (QED) is 0.906. The molecular weight excluding hydrogens is 336 g/mol. The first kappa shape index (κ1) is 16.8. The lowest BCUT2D eigenvalue weighted by Gasteiger charge is -2.47. The van der Waals surface area contributed by atoms with Crippen molar-refractivity contribution in [2.24, 2.45) is 0 Å². The highest BCUT2D eigenvalue weighted by Crippen LogP contribution is 2.44. The van der Waals surface area contributed by atoms with Crippen LogP contribution in [0.2, 0.25) is 0 Å². The fourth-order valence-corrected chi connectivity index (χ4v) is 4.06. The molecule has 1 amide bonds. The first-order valence-electron chi connectivity index (χ1n) is 8.75. The van der Waals surface area contributed by atoms with E-state index in [0.717, 1.165) is 11.1 Å². The molecule has 1 atom stereocenters. The fraction of sp³-hybridized carbons (Fsp3) is 0.421. The Balaban J connectivity index is 1.56. The number of fused-ring (bicyclic) bond motifs is 2. The second kappa shape index (κ2) is 6.57. The molecule has 1 aromatic carbocycles. The SMILES string of the molecule is O=C(O)CC1Cc2ccccc2C2(CCN(C(=O)c3ccon3)CC2)O1. The van der Waals surface area contributed by atoms with Crippen molar-refractivity contribution in [1.82, 2.24) is 10.1 Å². The summed E-state index contributed by atoms with van der Waals surface area (Å²) in [5.41, 5.74) is 2.03. The predicted molar refractivity (Wildman–Crippen MR) is 90.6 cm³/mol. The van der Waals surface area contributed by atoms with Gasteiger partial charge in [-0.1, -0.05) is 29.4 Å². The number of aliphatic carboxylic acids is 1. The Morgan fingerprint density at radius 1 is 1.23 bits per heavy atom. The molecule has 2 aliphatic heterocycles. The van der Waals surface area contributed by atoms with Crippen LogP contribution in [-0.4, -0.2) is 46.2 Å². The lowest BCUT2D eigenvalue weighted by Crippen LogP contribution is -2.50. The molecule has 0 saturated carbocycles. The number of piperidine rings is 1. The highest BCUT2D eigenvalue weighted by molar-refractivity contribution is 5.92. The second-order valence-corrected chi connectivity index (χ2v) is 6.87. The zero-order valence-corrected chi connectivity index (χ0v) is 14.3. The van der Waals surface area contributed by atoms with E-state index in [1.54, 1.807) is 11.0 Å². The Bertz CT molecular complexity index is 809. The third-order valence-corrected chi connectivity index (χ3v) is 5.27. The van der Waals surface area contributed by atoms with Crippen LogP contribution in [0.3, 0.4) is 0 Å². The number of carboxylic acids is 1. The van der Waals surface area contributed by atoms with E-state index in [1.807, 2.05) is 18.2 Å². The summed E-state index contributed by atoms with van der Waals surface area (Å²) in [6, 6.07) is 9.61. The highest BCUT2D eigenvalue weighted by atomic mass is 16.5. The molecule has 1 aromatic heterocycles. The van der Waals surface area contributed by atoms with Crippen LogP contribution >= 0.6 is 0 Å². The largest absolute Gasteiger partial charge is 0.481 e. The highest BCUT2D eigenvalue weighted by Gasteiger charge is 2.44. The minimum Gasteiger partial charge on any atom is -0.481 e. The summed E-state index contributed by atoms with van der Waals surface area (Å²) in [5.74, 6) is -1.01. The Hall–Kier alpha value is -2.67. The summed E-state index contributed by atoms with van der Waals surface area (Å²) < 4.78 is 11.1. The number of likely N-dealkylation sites (tertiary alicyclic amines) is 1. The monoisotopic (exact) mass is 356 g/mol. The van der Waals surface area contributed by atoms with Gasteiger partial charge in [0, 0.05) is 19.2 Å². The van der Waals surface area contributed by atoms with Crippen molar-refractivity contribution in [1.29, 1.82) is 0 Å². The second-order valence-electron chi connectivity index (χ2n) is 6.87. The van der Waals surface area contributed by atoms with E-state index in [1.165, 1.54) is 6.26 Å². The van der Waals surface area contributed by atoms with Gasteiger partial charge in [-0.2, -0.15) is 0 Å². The molecule has 1 saturated heterocycles. The summed E-state index contributed by atoms with van der Waals surface area (Å²) in [4.78, 5) is 25.4. The number of carbonyl (C=O) groups is 2. The predicted octanol–water partition coefficient (Wildman–Crippen LogP) is 2.22. The van der Waals surface area contributed by atoms with E-state index in [4.69, 9.17) is 9.26 Å². The number of amides is 1. The molecule has 1 N–H and O–H groups in total. The smallest absolute Gasteiger partial charge is 0.305 e. The van der Waals surface area contributed by atoms with Crippen LogP contribution in [-0.2, 0) is 21.6 Å². The van der Waals surface area contributed by atoms with Crippen molar-refractivity contribution >= 4 is 11.9 Å². The third kappa shape index (κ3) is 2.99. The number of ether oxygens (including phenoxy) is 1. The number of carboxylic acid groups (broad SMARTS) is 1. The summed E-state index contributed by atoms with van der Waals surface area (Å²) in [6.45, 7) is 1.06. The lowest BCUT2D eigenvalue weighted by molar-refractivity contribution is -0.157. The standard InChI is InChI=1S/C19H20N2O5/c22-17(23)12-14-11-13-3-1-2-4-15(13)19(26-14)6-8-21(9-7-19)18(24)16-5-10-25-20-16/h1-5,10,14H,6-9,11-12H2,(H,22,23). The molecule has 0 radical (unpaired) electrons. The number of aromatic nitrogens is 1. The lowest BCUT2D eigenvalue weighted by atomic mass is 9.78. The van der Waals surface area contributed by atoms with Gasteiger partial charge in [-0.15, -0.1) is 0 Å². The molecule has 7 nitrogen and oxygen atoms in total. The number of hydrogen-bond donors (Lipinski definition) is 1. The third-order valence-electron chi connectivity index (χ3n) is 5.27. The summed E-state index contributed by atoms with van der Waals surface area (Å²) in [7, 11) is 0. The van der Waals surface area contributed by atoms with Crippen LogP contribution in [0, 0.1) is 0 Å². The van der Waals surface area contributed by atoms with Crippen molar-refractivity contribution in [2.75, 3.05) is 13.1 Å². The number of hydrogen-bond acceptors (Lipinski definition) is 5. The van der Waals surface area contributed by atoms with Gasteiger partial charge in [-0.05, 0) is 30.4 Å². The number of benzene rings is 1. The topological polar surface area (TPSA) is 92.9 Å². The minimum absolute atomic E-state index is 0.0162. The van der Waals surface area contributed by atoms with Crippen LogP contribution in [0.25, 0.3) is 0 Å². The molecule has 7 heteroatoms. The first-order valence-corrected chi connectivity index (χ1v) is 8.75. The zero-order valence-electron chi connectivity index (χ0n) is 14.3. The Labute approximate surface area is 150 Å². The van der Waals surface area contributed by atoms with Gasteiger partial charge in [0.05, 0.1) is 18.1 Å². The van der Waals surface area contributed by atoms with Crippen molar-refractivity contribution in [2.45, 2.75) is 37.4 Å². The maximum atomic E-state index is 12.5. The summed E-state index contributed by atoms with van der Waals surface area (Å²) in [6.07, 6.45) is 2.88. The van der Waals surface area contributed by atoms with Crippen molar-refractivity contribution in [3.05, 3.63) is 53.4 Å². The van der Waals surface area contributed by atoms with Gasteiger partial charge in [0.2, 0.25) is 0 Å². The van der Waals surface area contributed by atoms with E-state index in [9.17, 15) is 14.7 Å². The first-order chi connectivity index (χ1) is 12.6. The number of rotatable bonds is 3. The van der Waals surface area contributed by atoms with E-state index in [2.05, 4.69) is 11.2 Å². The fourth-order valence-electron chi connectivity index (χ4n) is 4.06. The molecule has 3 heterocycles. The van der Waals surface area contributed by atoms with Crippen molar-refractivity contribution in [3.8, 4) is 0 Å². The van der Waals surface area contributed by atoms with E-state index >= 15 is 0 Å². The minimum atomic E-state index is -0.858. The molecule has 2 aliphatic rings. The summed E-state index contributed by atoms with van der Waals surface area (Å²) in [5, 5.41) is 12.9. The van der Waals surface area contributed by atoms with E-state index in [0.29, 0.717) is 38.0 Å². The molecule has 1 fully saturated rings.